The molecule has 1 N–H and O–H groups in total. The molecule has 1 amide bonds. The van der Waals surface area contributed by atoms with Crippen LogP contribution in [0, 0.1) is 0 Å². The number of nitrogens with one attached hydrogen (secondary N) is 1. The maximum absolute atomic E-state index is 13.2. The molecule has 1 aromatic carbocycles. The molecule has 7 heteroatoms. The van der Waals surface area contributed by atoms with Gasteiger partial charge in [0.05, 0.1) is 17.7 Å². The summed E-state index contributed by atoms with van der Waals surface area (Å²) in [4.78, 5) is 21.9. The number of thiazole rings is 1. The normalized spacial score (nSPS) is 15.9. The second kappa shape index (κ2) is 8.39. The lowest BCUT2D eigenvalue weighted by atomic mass is 9.73. The maximum atomic E-state index is 13.2. The average Bonchev–Trinajstić information content (AvgIpc) is 3.22. The Balaban J connectivity index is 1.50. The molecule has 1 aliphatic rings. The summed E-state index contributed by atoms with van der Waals surface area (Å²) in [6.45, 7) is 1.52. The fraction of sp³-hybridized carbons (Fsp3) is 0.286. The first kappa shape index (κ1) is 19.1. The van der Waals surface area contributed by atoms with Crippen LogP contribution in [0.4, 0.5) is 0 Å². The van der Waals surface area contributed by atoms with Gasteiger partial charge in [0.25, 0.3) is 0 Å². The molecule has 144 valence electrons. The lowest BCUT2D eigenvalue weighted by Crippen LogP contribution is -2.47. The second-order valence-electron chi connectivity index (χ2n) is 6.75. The Morgan fingerprint density at radius 2 is 2.00 bits per heavy atom. The van der Waals surface area contributed by atoms with E-state index in [1.807, 2.05) is 41.8 Å². The van der Waals surface area contributed by atoms with Crippen LogP contribution in [0.2, 0.25) is 5.02 Å². The van der Waals surface area contributed by atoms with Gasteiger partial charge in [-0.3, -0.25) is 9.78 Å². The molecular weight excluding hydrogens is 394 g/mol. The first-order valence-corrected chi connectivity index (χ1v) is 10.4. The third kappa shape index (κ3) is 3.94. The van der Waals surface area contributed by atoms with Crippen LogP contribution in [0.3, 0.4) is 0 Å². The van der Waals surface area contributed by atoms with E-state index in [1.165, 1.54) is 11.3 Å². The number of hydrogen-bond acceptors (Lipinski definition) is 5. The molecule has 0 spiro atoms. The van der Waals surface area contributed by atoms with Gasteiger partial charge in [0, 0.05) is 41.6 Å². The standard InChI is InChI=1S/C21H20ClN3O2S/c22-17-3-1-2-16(12-17)21(6-10-27-11-7-21)20(26)24-13-19-25-18(14-28-19)15-4-8-23-9-5-15/h1-5,8-9,12,14H,6-7,10-11,13H2,(H,24,26). The number of hydrogen-bond donors (Lipinski definition) is 1. The predicted molar refractivity (Wildman–Crippen MR) is 110 cm³/mol. The van der Waals surface area contributed by atoms with Crippen molar-refractivity contribution in [2.45, 2.75) is 24.8 Å². The molecule has 1 saturated heterocycles. The summed E-state index contributed by atoms with van der Waals surface area (Å²) in [5, 5.41) is 6.59. The van der Waals surface area contributed by atoms with Crippen molar-refractivity contribution in [3.63, 3.8) is 0 Å². The number of ether oxygens (including phenoxy) is 1. The number of benzene rings is 1. The highest BCUT2D eigenvalue weighted by Crippen LogP contribution is 2.36. The molecule has 1 aliphatic heterocycles. The Bertz CT molecular complexity index is 955. The number of carbonyl (C=O) groups excluding carboxylic acids is 1. The van der Waals surface area contributed by atoms with E-state index in [2.05, 4.69) is 15.3 Å². The van der Waals surface area contributed by atoms with E-state index in [-0.39, 0.29) is 5.91 Å². The van der Waals surface area contributed by atoms with E-state index in [0.717, 1.165) is 21.8 Å². The average molecular weight is 414 g/mol. The zero-order valence-electron chi connectivity index (χ0n) is 15.2. The van der Waals surface area contributed by atoms with Crippen LogP contribution in [0.5, 0.6) is 0 Å². The van der Waals surface area contributed by atoms with Gasteiger partial charge in [-0.2, -0.15) is 0 Å². The smallest absolute Gasteiger partial charge is 0.231 e. The zero-order chi connectivity index (χ0) is 19.4. The molecule has 4 rings (SSSR count). The van der Waals surface area contributed by atoms with Gasteiger partial charge in [0.2, 0.25) is 5.91 Å². The number of carbonyl (C=O) groups is 1. The summed E-state index contributed by atoms with van der Waals surface area (Å²) in [5.74, 6) is -0.00118. The largest absolute Gasteiger partial charge is 0.381 e. The predicted octanol–water partition coefficient (Wildman–Crippen LogP) is 4.22. The second-order valence-corrected chi connectivity index (χ2v) is 8.13. The molecule has 1 fully saturated rings. The molecule has 3 heterocycles. The van der Waals surface area contributed by atoms with Gasteiger partial charge in [-0.05, 0) is 42.7 Å². The Morgan fingerprint density at radius 3 is 2.75 bits per heavy atom. The molecule has 0 aliphatic carbocycles. The van der Waals surface area contributed by atoms with Crippen LogP contribution in [0.15, 0.2) is 54.2 Å². The van der Waals surface area contributed by atoms with Crippen LogP contribution in [-0.4, -0.2) is 29.1 Å². The van der Waals surface area contributed by atoms with Gasteiger partial charge in [-0.1, -0.05) is 23.7 Å². The minimum absolute atomic E-state index is 0.00118. The first-order chi connectivity index (χ1) is 13.7. The topological polar surface area (TPSA) is 64.1 Å². The molecule has 0 bridgehead atoms. The third-order valence-corrected chi connectivity index (χ3v) is 6.17. The molecular formula is C21H20ClN3O2S. The van der Waals surface area contributed by atoms with Crippen LogP contribution in [0.1, 0.15) is 23.4 Å². The quantitative estimate of drug-likeness (QED) is 0.680. The molecule has 0 atom stereocenters. The lowest BCUT2D eigenvalue weighted by Gasteiger charge is -2.36. The van der Waals surface area contributed by atoms with Crippen molar-refractivity contribution in [1.29, 1.82) is 0 Å². The van der Waals surface area contributed by atoms with Crippen molar-refractivity contribution in [1.82, 2.24) is 15.3 Å². The molecule has 5 nitrogen and oxygen atoms in total. The van der Waals surface area contributed by atoms with Crippen LogP contribution in [-0.2, 0) is 21.5 Å². The molecule has 0 radical (unpaired) electrons. The van der Waals surface area contributed by atoms with Crippen molar-refractivity contribution in [3.05, 3.63) is 69.8 Å². The van der Waals surface area contributed by atoms with E-state index in [9.17, 15) is 4.79 Å². The van der Waals surface area contributed by atoms with Gasteiger partial charge in [0.1, 0.15) is 5.01 Å². The van der Waals surface area contributed by atoms with E-state index in [4.69, 9.17) is 16.3 Å². The summed E-state index contributed by atoms with van der Waals surface area (Å²) in [5.41, 5.74) is 2.24. The summed E-state index contributed by atoms with van der Waals surface area (Å²) in [6.07, 6.45) is 4.77. The Kier molecular flexibility index (Phi) is 5.71. The van der Waals surface area contributed by atoms with Crippen LogP contribution < -0.4 is 5.32 Å². The number of pyridine rings is 1. The third-order valence-electron chi connectivity index (χ3n) is 5.09. The monoisotopic (exact) mass is 413 g/mol. The summed E-state index contributed by atoms with van der Waals surface area (Å²) < 4.78 is 5.51. The van der Waals surface area contributed by atoms with E-state index >= 15 is 0 Å². The fourth-order valence-corrected chi connectivity index (χ4v) is 4.46. The fourth-order valence-electron chi connectivity index (χ4n) is 3.53. The van der Waals surface area contributed by atoms with Crippen molar-refractivity contribution >= 4 is 28.8 Å². The molecule has 0 saturated carbocycles. The van der Waals surface area contributed by atoms with Gasteiger partial charge < -0.3 is 10.1 Å². The molecule has 28 heavy (non-hydrogen) atoms. The van der Waals surface area contributed by atoms with Crippen molar-refractivity contribution in [2.75, 3.05) is 13.2 Å². The van der Waals surface area contributed by atoms with Crippen LogP contribution >= 0.6 is 22.9 Å². The van der Waals surface area contributed by atoms with E-state index in [1.54, 1.807) is 12.4 Å². The number of aromatic nitrogens is 2. The van der Waals surface area contributed by atoms with Crippen molar-refractivity contribution in [3.8, 4) is 11.3 Å². The Hall–Kier alpha value is -2.28. The number of amides is 1. The Morgan fingerprint density at radius 1 is 1.21 bits per heavy atom. The van der Waals surface area contributed by atoms with Gasteiger partial charge in [-0.15, -0.1) is 11.3 Å². The minimum atomic E-state index is -0.617. The highest BCUT2D eigenvalue weighted by atomic mass is 35.5. The minimum Gasteiger partial charge on any atom is -0.381 e. The summed E-state index contributed by atoms with van der Waals surface area (Å²) >= 11 is 7.73. The summed E-state index contributed by atoms with van der Waals surface area (Å²) in [7, 11) is 0. The van der Waals surface area contributed by atoms with E-state index in [0.29, 0.717) is 37.6 Å². The zero-order valence-corrected chi connectivity index (χ0v) is 16.8. The Labute approximate surface area is 172 Å². The maximum Gasteiger partial charge on any atom is 0.231 e. The molecule has 0 unspecified atom stereocenters. The SMILES string of the molecule is O=C(NCc1nc(-c2ccncc2)cs1)C1(c2cccc(Cl)c2)CCOCC1. The summed E-state index contributed by atoms with van der Waals surface area (Å²) in [6, 6.07) is 11.4. The number of rotatable bonds is 5. The number of halogens is 1. The van der Waals surface area contributed by atoms with Gasteiger partial charge in [-0.25, -0.2) is 4.98 Å². The lowest BCUT2D eigenvalue weighted by molar-refractivity contribution is -0.130. The molecule has 2 aromatic heterocycles. The number of nitrogens with zero attached hydrogens (tertiary/aromatic N) is 2. The highest BCUT2D eigenvalue weighted by molar-refractivity contribution is 7.09. The first-order valence-electron chi connectivity index (χ1n) is 9.14. The van der Waals surface area contributed by atoms with Crippen molar-refractivity contribution in [2.24, 2.45) is 0 Å². The van der Waals surface area contributed by atoms with Crippen LogP contribution in [0.25, 0.3) is 11.3 Å². The van der Waals surface area contributed by atoms with Crippen molar-refractivity contribution < 1.29 is 9.53 Å². The highest BCUT2D eigenvalue weighted by Gasteiger charge is 2.41. The van der Waals surface area contributed by atoms with Gasteiger partial charge >= 0.3 is 0 Å². The van der Waals surface area contributed by atoms with E-state index < -0.39 is 5.41 Å². The molecule has 3 aromatic rings. The van der Waals surface area contributed by atoms with Gasteiger partial charge in [0.15, 0.2) is 0 Å².